The molecule has 0 radical (unpaired) electrons. The summed E-state index contributed by atoms with van der Waals surface area (Å²) in [6.45, 7) is 2.55. The first kappa shape index (κ1) is 17.4. The largest absolute Gasteiger partial charge is 0.474 e. The second-order valence-electron chi connectivity index (χ2n) is 7.53. The first-order valence-corrected chi connectivity index (χ1v) is 10.1. The minimum Gasteiger partial charge on any atom is -0.474 e. The van der Waals surface area contributed by atoms with Crippen molar-refractivity contribution in [3.63, 3.8) is 0 Å². The van der Waals surface area contributed by atoms with Crippen molar-refractivity contribution in [2.75, 3.05) is 6.61 Å². The molecule has 0 bridgehead atoms. The molecule has 0 saturated carbocycles. The van der Waals surface area contributed by atoms with Crippen molar-refractivity contribution in [1.82, 2.24) is 24.5 Å². The highest BCUT2D eigenvalue weighted by atomic mass is 35.5. The van der Waals surface area contributed by atoms with E-state index in [2.05, 4.69) is 45.0 Å². The van der Waals surface area contributed by atoms with Gasteiger partial charge in [0.05, 0.1) is 29.0 Å². The Morgan fingerprint density at radius 3 is 2.83 bits per heavy atom. The van der Waals surface area contributed by atoms with Crippen molar-refractivity contribution in [2.45, 2.75) is 19.4 Å². The highest BCUT2D eigenvalue weighted by molar-refractivity contribution is 6.30. The molecular weight excluding hydrogens is 400 g/mol. The lowest BCUT2D eigenvalue weighted by atomic mass is 10.1. The molecule has 0 N–H and O–H groups in total. The third-order valence-corrected chi connectivity index (χ3v) is 5.81. The lowest BCUT2D eigenvalue weighted by Crippen LogP contribution is -2.08. The number of aryl methyl sites for hydroxylation is 1. The summed E-state index contributed by atoms with van der Waals surface area (Å²) < 4.78 is 9.97. The quantitative estimate of drug-likeness (QED) is 0.438. The van der Waals surface area contributed by atoms with Crippen molar-refractivity contribution in [1.29, 1.82) is 0 Å². The van der Waals surface area contributed by atoms with Gasteiger partial charge in [-0.15, -0.1) is 5.10 Å². The van der Waals surface area contributed by atoms with Gasteiger partial charge in [0.15, 0.2) is 0 Å². The molecule has 4 heterocycles. The van der Waals surface area contributed by atoms with Crippen LogP contribution in [0.2, 0.25) is 5.02 Å². The van der Waals surface area contributed by atoms with Crippen molar-refractivity contribution < 1.29 is 4.74 Å². The molecule has 0 fully saturated rings. The molecule has 0 amide bonds. The minimum absolute atomic E-state index is 0.0671. The summed E-state index contributed by atoms with van der Waals surface area (Å²) in [5.74, 6) is 0.568. The van der Waals surface area contributed by atoms with Gasteiger partial charge in [-0.25, -0.2) is 14.7 Å². The van der Waals surface area contributed by atoms with Gasteiger partial charge in [-0.1, -0.05) is 35.0 Å². The second kappa shape index (κ2) is 6.53. The van der Waals surface area contributed by atoms with Gasteiger partial charge in [-0.05, 0) is 42.3 Å². The molecule has 7 nitrogen and oxygen atoms in total. The molecule has 2 aromatic carbocycles. The van der Waals surface area contributed by atoms with Crippen molar-refractivity contribution in [2.24, 2.45) is 4.99 Å². The van der Waals surface area contributed by atoms with E-state index in [1.807, 2.05) is 35.3 Å². The molecule has 148 valence electrons. The number of nitrogens with zero attached hydrogens (tertiary/aromatic N) is 6. The molecule has 0 saturated heterocycles. The van der Waals surface area contributed by atoms with Crippen LogP contribution in [0.3, 0.4) is 0 Å². The van der Waals surface area contributed by atoms with E-state index in [0.717, 1.165) is 39.6 Å². The third-order valence-electron chi connectivity index (χ3n) is 5.56. The number of benzene rings is 2. The van der Waals surface area contributed by atoms with E-state index < -0.39 is 0 Å². The molecule has 4 aromatic rings. The van der Waals surface area contributed by atoms with Gasteiger partial charge in [0, 0.05) is 11.4 Å². The number of aromatic nitrogens is 5. The fourth-order valence-corrected chi connectivity index (χ4v) is 4.17. The molecule has 6 rings (SSSR count). The van der Waals surface area contributed by atoms with Crippen molar-refractivity contribution in [3.05, 3.63) is 88.2 Å². The molecule has 2 aromatic heterocycles. The number of ether oxygens (including phenoxy) is 1. The van der Waals surface area contributed by atoms with Crippen molar-refractivity contribution in [3.8, 4) is 11.4 Å². The number of rotatable bonds is 2. The van der Waals surface area contributed by atoms with E-state index in [1.165, 1.54) is 0 Å². The lowest BCUT2D eigenvalue weighted by Gasteiger charge is -2.10. The average Bonchev–Trinajstić information content (AvgIpc) is 3.48. The van der Waals surface area contributed by atoms with E-state index in [4.69, 9.17) is 21.3 Å². The smallest absolute Gasteiger partial charge is 0.238 e. The van der Waals surface area contributed by atoms with Crippen LogP contribution in [0.15, 0.2) is 60.0 Å². The van der Waals surface area contributed by atoms with E-state index in [-0.39, 0.29) is 6.04 Å². The van der Waals surface area contributed by atoms with Crippen LogP contribution in [-0.4, -0.2) is 37.0 Å². The zero-order valence-electron chi connectivity index (χ0n) is 16.2. The van der Waals surface area contributed by atoms with Crippen LogP contribution in [0, 0.1) is 6.92 Å². The van der Waals surface area contributed by atoms with Gasteiger partial charge in [-0.3, -0.25) is 4.57 Å². The molecule has 1 atom stereocenters. The highest BCUT2D eigenvalue weighted by Crippen LogP contribution is 2.32. The van der Waals surface area contributed by atoms with E-state index in [9.17, 15) is 0 Å². The predicted molar refractivity (Wildman–Crippen MR) is 113 cm³/mol. The topological polar surface area (TPSA) is 70.1 Å². The molecule has 2 aliphatic heterocycles. The number of aliphatic imine (C=N–C) groups is 1. The Hall–Kier alpha value is -3.45. The molecule has 2 aliphatic rings. The molecule has 0 spiro atoms. The van der Waals surface area contributed by atoms with Crippen LogP contribution in [0.5, 0.6) is 0 Å². The summed E-state index contributed by atoms with van der Waals surface area (Å²) in [6.07, 6.45) is 4.26. The van der Waals surface area contributed by atoms with Gasteiger partial charge < -0.3 is 4.74 Å². The summed E-state index contributed by atoms with van der Waals surface area (Å²) in [7, 11) is 0. The monoisotopic (exact) mass is 416 g/mol. The molecular formula is C22H17ClN6O. The Labute approximate surface area is 177 Å². The number of hydrogen-bond donors (Lipinski definition) is 0. The first-order valence-electron chi connectivity index (χ1n) is 9.71. The molecule has 8 heteroatoms. The summed E-state index contributed by atoms with van der Waals surface area (Å²) in [4.78, 5) is 9.50. The Kier molecular flexibility index (Phi) is 3.79. The normalized spacial score (nSPS) is 16.9. The highest BCUT2D eigenvalue weighted by Gasteiger charge is 2.29. The Bertz CT molecular complexity index is 1300. The Morgan fingerprint density at radius 1 is 1.10 bits per heavy atom. The molecule has 30 heavy (non-hydrogen) atoms. The minimum atomic E-state index is -0.0671. The van der Waals surface area contributed by atoms with Crippen LogP contribution in [0.25, 0.3) is 11.4 Å². The van der Waals surface area contributed by atoms with Gasteiger partial charge >= 0.3 is 0 Å². The molecule has 0 aliphatic carbocycles. The Balaban J connectivity index is 1.46. The lowest BCUT2D eigenvalue weighted by molar-refractivity contribution is 0.319. The van der Waals surface area contributed by atoms with Gasteiger partial charge in [0.1, 0.15) is 24.7 Å². The fourth-order valence-electron chi connectivity index (χ4n) is 4.05. The summed E-state index contributed by atoms with van der Waals surface area (Å²) >= 11 is 6.01. The van der Waals surface area contributed by atoms with Gasteiger partial charge in [0.25, 0.3) is 0 Å². The maximum Gasteiger partial charge on any atom is 0.238 e. The molecule has 0 unspecified atom stereocenters. The first-order chi connectivity index (χ1) is 14.7. The number of hydrogen-bond acceptors (Lipinski definition) is 5. The third kappa shape index (κ3) is 2.66. The summed E-state index contributed by atoms with van der Waals surface area (Å²) in [5, 5.41) is 9.15. The van der Waals surface area contributed by atoms with Crippen molar-refractivity contribution >= 4 is 17.5 Å². The number of halogens is 1. The number of fused-ring (bicyclic) bond motifs is 5. The second-order valence-corrected chi connectivity index (χ2v) is 7.97. The fraction of sp³-hybridized carbons (Fsp3) is 0.182. The van der Waals surface area contributed by atoms with Crippen LogP contribution in [0.1, 0.15) is 34.3 Å². The summed E-state index contributed by atoms with van der Waals surface area (Å²) in [6, 6.07) is 13.9. The SMILES string of the molecule is Cc1ccc2c(c1)-n1nncc1Cc1c(C3=N[C@@H](c4ccc(Cl)cc4)CO3)ncn1-2. The van der Waals surface area contributed by atoms with Crippen LogP contribution >= 0.6 is 11.6 Å². The van der Waals surface area contributed by atoms with Gasteiger partial charge in [-0.2, -0.15) is 0 Å². The Morgan fingerprint density at radius 2 is 1.97 bits per heavy atom. The zero-order valence-corrected chi connectivity index (χ0v) is 16.9. The van der Waals surface area contributed by atoms with Gasteiger partial charge in [0.2, 0.25) is 5.90 Å². The summed E-state index contributed by atoms with van der Waals surface area (Å²) in [5.41, 5.74) is 6.99. The van der Waals surface area contributed by atoms with E-state index >= 15 is 0 Å². The van der Waals surface area contributed by atoms with Crippen LogP contribution < -0.4 is 0 Å². The maximum absolute atomic E-state index is 6.01. The van der Waals surface area contributed by atoms with E-state index in [0.29, 0.717) is 23.9 Å². The van der Waals surface area contributed by atoms with Crippen LogP contribution in [-0.2, 0) is 11.2 Å². The predicted octanol–water partition coefficient (Wildman–Crippen LogP) is 3.84. The average molecular weight is 417 g/mol. The maximum atomic E-state index is 6.01. The van der Waals surface area contributed by atoms with Crippen LogP contribution in [0.4, 0.5) is 0 Å². The zero-order chi connectivity index (χ0) is 20.2. The van der Waals surface area contributed by atoms with E-state index in [1.54, 1.807) is 6.20 Å². The number of imidazole rings is 1. The standard InChI is InChI=1S/C22H17ClN6O/c1-13-2-7-18-19(8-13)29-16(10-25-27-29)9-20-21(24-12-28(18)20)22-26-17(11-30-22)14-3-5-15(23)6-4-14/h2-8,10,12,17H,9,11H2,1H3/t17-/m1/s1.